The van der Waals surface area contributed by atoms with Crippen molar-refractivity contribution in [1.29, 1.82) is 0 Å². The summed E-state index contributed by atoms with van der Waals surface area (Å²) >= 11 is 1.84. The first kappa shape index (κ1) is 16.0. The number of methoxy groups -OCH3 is 1. The Bertz CT molecular complexity index is 513. The van der Waals surface area contributed by atoms with Gasteiger partial charge in [0.1, 0.15) is 5.75 Å². The third kappa shape index (κ3) is 5.14. The zero-order chi connectivity index (χ0) is 14.9. The van der Waals surface area contributed by atoms with Gasteiger partial charge in [-0.05, 0) is 55.3 Å². The maximum atomic E-state index is 5.28. The monoisotopic (exact) mass is 304 g/mol. The van der Waals surface area contributed by atoms with Crippen molar-refractivity contribution in [3.05, 3.63) is 46.4 Å². The van der Waals surface area contributed by atoms with Gasteiger partial charge in [0, 0.05) is 17.1 Å². The largest absolute Gasteiger partial charge is 0.495 e. The van der Waals surface area contributed by atoms with E-state index in [2.05, 4.69) is 40.8 Å². The molecule has 0 aromatic carbocycles. The molecule has 0 saturated carbocycles. The van der Waals surface area contributed by atoms with Gasteiger partial charge in [-0.1, -0.05) is 13.0 Å². The van der Waals surface area contributed by atoms with Gasteiger partial charge in [-0.25, -0.2) is 0 Å². The Labute approximate surface area is 131 Å². The van der Waals surface area contributed by atoms with E-state index in [-0.39, 0.29) is 0 Å². The summed E-state index contributed by atoms with van der Waals surface area (Å²) in [5, 5.41) is 5.77. The number of pyridine rings is 1. The van der Waals surface area contributed by atoms with E-state index in [0.717, 1.165) is 31.6 Å². The maximum Gasteiger partial charge on any atom is 0.137 e. The quantitative estimate of drug-likeness (QED) is 0.753. The van der Waals surface area contributed by atoms with Crippen LogP contribution < -0.4 is 10.1 Å². The summed E-state index contributed by atoms with van der Waals surface area (Å²) in [5.74, 6) is 0.828. The van der Waals surface area contributed by atoms with Crippen molar-refractivity contribution in [1.82, 2.24) is 10.3 Å². The van der Waals surface area contributed by atoms with Gasteiger partial charge in [0.15, 0.2) is 0 Å². The summed E-state index contributed by atoms with van der Waals surface area (Å²) < 4.78 is 5.28. The zero-order valence-corrected chi connectivity index (χ0v) is 13.7. The average Bonchev–Trinajstić information content (AvgIpc) is 3.04. The summed E-state index contributed by atoms with van der Waals surface area (Å²) in [5.41, 5.74) is 1.22. The maximum absolute atomic E-state index is 5.28. The summed E-state index contributed by atoms with van der Waals surface area (Å²) in [6.07, 6.45) is 8.29. The van der Waals surface area contributed by atoms with Crippen LogP contribution in [-0.4, -0.2) is 18.6 Å². The molecular formula is C17H24N2OS. The van der Waals surface area contributed by atoms with Crippen LogP contribution in [0.25, 0.3) is 0 Å². The molecule has 2 rings (SSSR count). The lowest BCUT2D eigenvalue weighted by molar-refractivity contribution is 0.409. The average molecular weight is 304 g/mol. The molecule has 21 heavy (non-hydrogen) atoms. The molecule has 0 amide bonds. The minimum absolute atomic E-state index is 0.354. The van der Waals surface area contributed by atoms with Crippen LogP contribution in [0.15, 0.2) is 36.0 Å². The molecule has 2 heterocycles. The predicted octanol–water partition coefficient (Wildman–Crippen LogP) is 4.22. The molecule has 0 aliphatic heterocycles. The highest BCUT2D eigenvalue weighted by molar-refractivity contribution is 7.09. The van der Waals surface area contributed by atoms with E-state index in [4.69, 9.17) is 4.74 Å². The standard InChI is InChI=1S/C17H24N2OS/c1-3-9-19-17(8-4-6-16-7-5-10-21-16)14-11-15(20-2)13-18-12-14/h5,7,10-13,17,19H,3-4,6,8-9H2,1-2H3. The van der Waals surface area contributed by atoms with E-state index >= 15 is 0 Å². The number of aromatic nitrogens is 1. The van der Waals surface area contributed by atoms with Gasteiger partial charge in [-0.2, -0.15) is 0 Å². The number of rotatable bonds is 9. The molecule has 0 radical (unpaired) electrons. The van der Waals surface area contributed by atoms with Crippen molar-refractivity contribution >= 4 is 11.3 Å². The smallest absolute Gasteiger partial charge is 0.137 e. The number of ether oxygens (including phenoxy) is 1. The molecule has 3 nitrogen and oxygen atoms in total. The molecule has 2 aromatic heterocycles. The molecule has 4 heteroatoms. The Kier molecular flexibility index (Phi) is 6.70. The topological polar surface area (TPSA) is 34.2 Å². The number of hydrogen-bond acceptors (Lipinski definition) is 4. The van der Waals surface area contributed by atoms with Crippen LogP contribution in [-0.2, 0) is 6.42 Å². The van der Waals surface area contributed by atoms with E-state index in [0.29, 0.717) is 6.04 Å². The summed E-state index contributed by atoms with van der Waals surface area (Å²) in [4.78, 5) is 5.75. The van der Waals surface area contributed by atoms with E-state index < -0.39 is 0 Å². The fraction of sp³-hybridized carbons (Fsp3) is 0.471. The van der Waals surface area contributed by atoms with Crippen molar-refractivity contribution in [2.45, 2.75) is 38.6 Å². The van der Waals surface area contributed by atoms with Gasteiger partial charge in [-0.15, -0.1) is 11.3 Å². The van der Waals surface area contributed by atoms with E-state index in [9.17, 15) is 0 Å². The van der Waals surface area contributed by atoms with Gasteiger partial charge in [0.05, 0.1) is 13.3 Å². The minimum atomic E-state index is 0.354. The van der Waals surface area contributed by atoms with Crippen molar-refractivity contribution in [2.75, 3.05) is 13.7 Å². The molecule has 1 atom stereocenters. The van der Waals surface area contributed by atoms with Crippen molar-refractivity contribution in [3.8, 4) is 5.75 Å². The molecule has 0 fully saturated rings. The highest BCUT2D eigenvalue weighted by Gasteiger charge is 2.12. The predicted molar refractivity (Wildman–Crippen MR) is 89.1 cm³/mol. The molecular weight excluding hydrogens is 280 g/mol. The third-order valence-corrected chi connectivity index (χ3v) is 4.45. The molecule has 1 N–H and O–H groups in total. The first-order chi connectivity index (χ1) is 10.3. The van der Waals surface area contributed by atoms with Crippen molar-refractivity contribution in [2.24, 2.45) is 0 Å². The second-order valence-electron chi connectivity index (χ2n) is 5.14. The van der Waals surface area contributed by atoms with Gasteiger partial charge in [-0.3, -0.25) is 4.98 Å². The van der Waals surface area contributed by atoms with Crippen molar-refractivity contribution < 1.29 is 4.74 Å². The number of hydrogen-bond donors (Lipinski definition) is 1. The fourth-order valence-electron chi connectivity index (χ4n) is 2.38. The van der Waals surface area contributed by atoms with Gasteiger partial charge in [0.2, 0.25) is 0 Å². The normalized spacial score (nSPS) is 12.3. The summed E-state index contributed by atoms with van der Waals surface area (Å²) in [7, 11) is 1.69. The Hall–Kier alpha value is -1.39. The molecule has 0 aliphatic carbocycles. The minimum Gasteiger partial charge on any atom is -0.495 e. The van der Waals surface area contributed by atoms with E-state index in [1.165, 1.54) is 16.9 Å². The lowest BCUT2D eigenvalue weighted by atomic mass is 10.0. The van der Waals surface area contributed by atoms with Crippen LogP contribution in [0.4, 0.5) is 0 Å². The van der Waals surface area contributed by atoms with Crippen LogP contribution in [0.1, 0.15) is 42.7 Å². The Morgan fingerprint density at radius 2 is 2.29 bits per heavy atom. The molecule has 0 spiro atoms. The molecule has 114 valence electrons. The number of nitrogens with one attached hydrogen (secondary N) is 1. The van der Waals surface area contributed by atoms with Crippen LogP contribution in [0, 0.1) is 0 Å². The lowest BCUT2D eigenvalue weighted by Gasteiger charge is -2.19. The third-order valence-electron chi connectivity index (χ3n) is 3.51. The number of nitrogens with zero attached hydrogens (tertiary/aromatic N) is 1. The first-order valence-electron chi connectivity index (χ1n) is 7.58. The second kappa shape index (κ2) is 8.80. The summed E-state index contributed by atoms with van der Waals surface area (Å²) in [6.45, 7) is 3.22. The van der Waals surface area contributed by atoms with E-state index in [1.54, 1.807) is 13.3 Å². The molecule has 0 bridgehead atoms. The molecule has 2 aromatic rings. The van der Waals surface area contributed by atoms with Crippen LogP contribution in [0.5, 0.6) is 5.75 Å². The second-order valence-corrected chi connectivity index (χ2v) is 6.17. The molecule has 0 aliphatic rings. The Morgan fingerprint density at radius 3 is 3.00 bits per heavy atom. The zero-order valence-electron chi connectivity index (χ0n) is 12.8. The number of thiophene rings is 1. The highest BCUT2D eigenvalue weighted by Crippen LogP contribution is 2.23. The lowest BCUT2D eigenvalue weighted by Crippen LogP contribution is -2.22. The van der Waals surface area contributed by atoms with E-state index in [1.807, 2.05) is 17.5 Å². The Balaban J connectivity index is 1.95. The van der Waals surface area contributed by atoms with Crippen LogP contribution in [0.2, 0.25) is 0 Å². The molecule has 0 saturated heterocycles. The summed E-state index contributed by atoms with van der Waals surface area (Å²) in [6, 6.07) is 6.78. The fourth-order valence-corrected chi connectivity index (χ4v) is 3.13. The molecule has 1 unspecified atom stereocenters. The van der Waals surface area contributed by atoms with Gasteiger partial charge in [0.25, 0.3) is 0 Å². The number of aryl methyl sites for hydroxylation is 1. The SMILES string of the molecule is CCCNC(CCCc1cccs1)c1cncc(OC)c1. The highest BCUT2D eigenvalue weighted by atomic mass is 32.1. The first-order valence-corrected chi connectivity index (χ1v) is 8.46. The van der Waals surface area contributed by atoms with Gasteiger partial charge < -0.3 is 10.1 Å². The van der Waals surface area contributed by atoms with Crippen LogP contribution >= 0.6 is 11.3 Å². The van der Waals surface area contributed by atoms with Gasteiger partial charge >= 0.3 is 0 Å². The van der Waals surface area contributed by atoms with Crippen molar-refractivity contribution in [3.63, 3.8) is 0 Å². The van der Waals surface area contributed by atoms with Crippen LogP contribution in [0.3, 0.4) is 0 Å². The Morgan fingerprint density at radius 1 is 1.38 bits per heavy atom.